The summed E-state index contributed by atoms with van der Waals surface area (Å²) in [5.41, 5.74) is 1.29. The number of ether oxygens (including phenoxy) is 1. The monoisotopic (exact) mass is 454 g/mol. The van der Waals surface area contributed by atoms with Crippen LogP contribution in [0.1, 0.15) is 31.4 Å². The molecule has 0 aromatic heterocycles. The van der Waals surface area contributed by atoms with Gasteiger partial charge < -0.3 is 10.1 Å². The maximum Gasteiger partial charge on any atom is 0.229 e. The molecule has 2 aromatic rings. The van der Waals surface area contributed by atoms with E-state index in [0.717, 1.165) is 22.0 Å². The molecule has 8 heteroatoms. The van der Waals surface area contributed by atoms with Gasteiger partial charge in [-0.25, -0.2) is 8.42 Å². The second-order valence-corrected chi connectivity index (χ2v) is 8.77. The van der Waals surface area contributed by atoms with Gasteiger partial charge in [0.1, 0.15) is 5.75 Å². The van der Waals surface area contributed by atoms with E-state index in [2.05, 4.69) is 26.0 Å². The van der Waals surface area contributed by atoms with Crippen molar-refractivity contribution >= 4 is 37.5 Å². The molecule has 0 aliphatic heterocycles. The lowest BCUT2D eigenvalue weighted by Crippen LogP contribution is -2.26. The molecule has 146 valence electrons. The van der Waals surface area contributed by atoms with E-state index >= 15 is 0 Å². The highest BCUT2D eigenvalue weighted by Crippen LogP contribution is 2.24. The van der Waals surface area contributed by atoms with Crippen LogP contribution in [-0.2, 0) is 14.8 Å². The van der Waals surface area contributed by atoms with E-state index in [4.69, 9.17) is 4.74 Å². The molecule has 2 N–H and O–H groups in total. The molecule has 0 aliphatic carbocycles. The number of sulfonamides is 1. The van der Waals surface area contributed by atoms with Crippen LogP contribution < -0.4 is 14.8 Å². The number of carbonyl (C=O) groups is 1. The van der Waals surface area contributed by atoms with Crippen LogP contribution in [0.15, 0.2) is 53.0 Å². The quantitative estimate of drug-likeness (QED) is 0.563. The van der Waals surface area contributed by atoms with Crippen molar-refractivity contribution in [3.63, 3.8) is 0 Å². The number of halogens is 1. The molecule has 0 heterocycles. The van der Waals surface area contributed by atoms with Gasteiger partial charge in [-0.1, -0.05) is 24.3 Å². The average Bonchev–Trinajstić information content (AvgIpc) is 2.59. The minimum atomic E-state index is -3.34. The fourth-order valence-electron chi connectivity index (χ4n) is 2.46. The van der Waals surface area contributed by atoms with E-state index in [0.29, 0.717) is 25.1 Å². The first-order valence-corrected chi connectivity index (χ1v) is 11.2. The third kappa shape index (κ3) is 7.60. The molecule has 6 nitrogen and oxygen atoms in total. The summed E-state index contributed by atoms with van der Waals surface area (Å²) in [4.78, 5) is 12.1. The molecule has 0 fully saturated rings. The second-order valence-electron chi connectivity index (χ2n) is 6.17. The number of rotatable bonds is 9. The Bertz CT molecular complexity index is 887. The number of amides is 1. The molecule has 0 saturated carbocycles. The van der Waals surface area contributed by atoms with E-state index < -0.39 is 10.0 Å². The van der Waals surface area contributed by atoms with Gasteiger partial charge in [0.05, 0.1) is 23.4 Å². The Kier molecular flexibility index (Phi) is 7.67. The van der Waals surface area contributed by atoms with Gasteiger partial charge in [0, 0.05) is 12.1 Å². The van der Waals surface area contributed by atoms with Crippen LogP contribution in [0.4, 0.5) is 5.69 Å². The Morgan fingerprint density at radius 3 is 2.63 bits per heavy atom. The van der Waals surface area contributed by atoms with E-state index in [1.165, 1.54) is 0 Å². The van der Waals surface area contributed by atoms with Crippen molar-refractivity contribution in [2.45, 2.75) is 25.8 Å². The summed E-state index contributed by atoms with van der Waals surface area (Å²) in [6.45, 7) is 2.30. The second kappa shape index (κ2) is 9.75. The summed E-state index contributed by atoms with van der Waals surface area (Å²) in [5.74, 6) is 0.668. The fraction of sp³-hybridized carbons (Fsp3) is 0.316. The molecular formula is C19H23BrN2O4S. The smallest absolute Gasteiger partial charge is 0.229 e. The molecule has 1 atom stereocenters. The first-order valence-electron chi connectivity index (χ1n) is 8.49. The Morgan fingerprint density at radius 2 is 1.93 bits per heavy atom. The average molecular weight is 455 g/mol. The molecule has 27 heavy (non-hydrogen) atoms. The lowest BCUT2D eigenvalue weighted by molar-refractivity contribution is -0.121. The molecule has 0 saturated heterocycles. The summed E-state index contributed by atoms with van der Waals surface area (Å²) in [6.07, 6.45) is 2.03. The highest BCUT2D eigenvalue weighted by molar-refractivity contribution is 9.10. The van der Waals surface area contributed by atoms with Crippen LogP contribution in [0.25, 0.3) is 0 Å². The lowest BCUT2D eigenvalue weighted by Gasteiger charge is -2.16. The number of carbonyl (C=O) groups excluding carboxylic acids is 1. The van der Waals surface area contributed by atoms with Crippen molar-refractivity contribution in [1.29, 1.82) is 0 Å². The summed E-state index contributed by atoms with van der Waals surface area (Å²) in [5, 5.41) is 2.92. The number of hydrogen-bond donors (Lipinski definition) is 2. The molecular weight excluding hydrogens is 432 g/mol. The van der Waals surface area contributed by atoms with Gasteiger partial charge in [0.2, 0.25) is 15.9 Å². The van der Waals surface area contributed by atoms with E-state index in [1.54, 1.807) is 18.2 Å². The van der Waals surface area contributed by atoms with Gasteiger partial charge in [-0.05, 0) is 59.1 Å². The zero-order chi connectivity index (χ0) is 19.9. The van der Waals surface area contributed by atoms with E-state index in [-0.39, 0.29) is 11.9 Å². The van der Waals surface area contributed by atoms with Crippen molar-refractivity contribution in [2.75, 3.05) is 17.6 Å². The van der Waals surface area contributed by atoms with Gasteiger partial charge in [0.25, 0.3) is 0 Å². The maximum atomic E-state index is 12.1. The Balaban J connectivity index is 1.80. The van der Waals surface area contributed by atoms with E-state index in [9.17, 15) is 13.2 Å². The van der Waals surface area contributed by atoms with Crippen LogP contribution in [0.2, 0.25) is 0 Å². The first-order chi connectivity index (χ1) is 12.7. The van der Waals surface area contributed by atoms with Gasteiger partial charge in [0.15, 0.2) is 0 Å². The lowest BCUT2D eigenvalue weighted by atomic mass is 10.1. The topological polar surface area (TPSA) is 84.5 Å². The molecule has 1 amide bonds. The summed E-state index contributed by atoms with van der Waals surface area (Å²) in [6, 6.07) is 14.3. The standard InChI is InChI=1S/C19H23BrN2O4S/c1-14(15-7-5-8-16(13-15)22-27(2,24)25)21-19(23)11-6-12-26-18-10-4-3-9-17(18)20/h3-5,7-10,13-14,22H,6,11-12H2,1-2H3,(H,21,23). The van der Waals surface area contributed by atoms with Gasteiger partial charge in [-0.3, -0.25) is 9.52 Å². The minimum Gasteiger partial charge on any atom is -0.492 e. The fourth-order valence-corrected chi connectivity index (χ4v) is 3.41. The highest BCUT2D eigenvalue weighted by atomic mass is 79.9. The van der Waals surface area contributed by atoms with Crippen molar-refractivity contribution in [3.05, 3.63) is 58.6 Å². The van der Waals surface area contributed by atoms with Crippen LogP contribution in [0.3, 0.4) is 0 Å². The third-order valence-electron chi connectivity index (χ3n) is 3.71. The van der Waals surface area contributed by atoms with E-state index in [1.807, 2.05) is 37.3 Å². The molecule has 2 rings (SSSR count). The normalized spacial score (nSPS) is 12.3. The highest BCUT2D eigenvalue weighted by Gasteiger charge is 2.11. The number of para-hydroxylation sites is 1. The summed E-state index contributed by atoms with van der Waals surface area (Å²) < 4.78 is 31.6. The molecule has 0 bridgehead atoms. The molecule has 0 radical (unpaired) electrons. The molecule has 0 aliphatic rings. The number of benzene rings is 2. The number of hydrogen-bond acceptors (Lipinski definition) is 4. The Morgan fingerprint density at radius 1 is 1.19 bits per heavy atom. The maximum absolute atomic E-state index is 12.1. The van der Waals surface area contributed by atoms with Gasteiger partial charge in [-0.15, -0.1) is 0 Å². The van der Waals surface area contributed by atoms with Crippen LogP contribution in [0.5, 0.6) is 5.75 Å². The van der Waals surface area contributed by atoms with Crippen molar-refractivity contribution in [1.82, 2.24) is 5.32 Å². The minimum absolute atomic E-state index is 0.0836. The predicted molar refractivity (Wildman–Crippen MR) is 110 cm³/mol. The Hall–Kier alpha value is -2.06. The summed E-state index contributed by atoms with van der Waals surface area (Å²) >= 11 is 3.41. The Labute approximate surface area is 168 Å². The van der Waals surface area contributed by atoms with Crippen molar-refractivity contribution in [3.8, 4) is 5.75 Å². The molecule has 0 spiro atoms. The predicted octanol–water partition coefficient (Wildman–Crippen LogP) is 3.86. The largest absolute Gasteiger partial charge is 0.492 e. The van der Waals surface area contributed by atoms with Crippen molar-refractivity contribution < 1.29 is 17.9 Å². The van der Waals surface area contributed by atoms with Crippen molar-refractivity contribution in [2.24, 2.45) is 0 Å². The van der Waals surface area contributed by atoms with Gasteiger partial charge in [-0.2, -0.15) is 0 Å². The van der Waals surface area contributed by atoms with Crippen LogP contribution in [0, 0.1) is 0 Å². The molecule has 2 aromatic carbocycles. The van der Waals surface area contributed by atoms with Crippen LogP contribution in [-0.4, -0.2) is 27.2 Å². The summed E-state index contributed by atoms with van der Waals surface area (Å²) in [7, 11) is -3.34. The van der Waals surface area contributed by atoms with Gasteiger partial charge >= 0.3 is 0 Å². The zero-order valence-corrected chi connectivity index (χ0v) is 17.6. The number of anilines is 1. The number of nitrogens with one attached hydrogen (secondary N) is 2. The zero-order valence-electron chi connectivity index (χ0n) is 15.2. The first kappa shape index (κ1) is 21.2. The molecule has 1 unspecified atom stereocenters. The third-order valence-corrected chi connectivity index (χ3v) is 4.97. The SMILES string of the molecule is CC(NC(=O)CCCOc1ccccc1Br)c1cccc(NS(C)(=O)=O)c1. The van der Waals surface area contributed by atoms with Crippen LogP contribution >= 0.6 is 15.9 Å².